The minimum Gasteiger partial charge on any atom is -0.300 e. The summed E-state index contributed by atoms with van der Waals surface area (Å²) >= 11 is 0. The average molecular weight is 274 g/mol. The first-order chi connectivity index (χ1) is 9.63. The number of hydrogen-bond acceptors (Lipinski definition) is 4. The van der Waals surface area contributed by atoms with Crippen molar-refractivity contribution in [3.63, 3.8) is 0 Å². The molecule has 0 aliphatic carbocycles. The predicted octanol–water partition coefficient (Wildman–Crippen LogP) is 1.21. The Morgan fingerprint density at radius 2 is 1.95 bits per heavy atom. The Balaban J connectivity index is 2.84. The van der Waals surface area contributed by atoms with Gasteiger partial charge in [-0.3, -0.25) is 14.6 Å². The van der Waals surface area contributed by atoms with E-state index in [9.17, 15) is 14.4 Å². The highest BCUT2D eigenvalue weighted by Crippen LogP contribution is 2.04. The van der Waals surface area contributed by atoms with Crippen LogP contribution in [0.5, 0.6) is 0 Å². The number of carbonyl (C=O) groups excluding carboxylic acids is 3. The van der Waals surface area contributed by atoms with Crippen LogP contribution in [0.3, 0.4) is 0 Å². The monoisotopic (exact) mass is 274 g/mol. The van der Waals surface area contributed by atoms with Gasteiger partial charge in [0.2, 0.25) is 5.91 Å². The summed E-state index contributed by atoms with van der Waals surface area (Å²) in [6.07, 6.45) is 3.59. The van der Waals surface area contributed by atoms with E-state index in [4.69, 9.17) is 0 Å². The van der Waals surface area contributed by atoms with Gasteiger partial charge in [-0.25, -0.2) is 5.43 Å². The van der Waals surface area contributed by atoms with Gasteiger partial charge in [-0.05, 0) is 11.6 Å². The first kappa shape index (κ1) is 15.8. The molecule has 0 aliphatic rings. The summed E-state index contributed by atoms with van der Waals surface area (Å²) in [6.45, 7) is 1.67. The lowest BCUT2D eigenvalue weighted by atomic mass is 10.1. The van der Waals surface area contributed by atoms with Crippen LogP contribution in [0, 0.1) is 0 Å². The van der Waals surface area contributed by atoms with Crippen molar-refractivity contribution in [2.75, 3.05) is 7.05 Å². The predicted molar refractivity (Wildman–Crippen MR) is 76.5 cm³/mol. The largest absolute Gasteiger partial charge is 0.300 e. The normalized spacial score (nSPS) is 12.1. The van der Waals surface area contributed by atoms with Gasteiger partial charge in [0.25, 0.3) is 0 Å². The quantitative estimate of drug-likeness (QED) is 0.351. The van der Waals surface area contributed by atoms with E-state index in [1.807, 2.05) is 30.3 Å². The maximum absolute atomic E-state index is 12.0. The molecule has 5 nitrogen and oxygen atoms in total. The van der Waals surface area contributed by atoms with Crippen LogP contribution >= 0.6 is 0 Å². The standard InChI is InChI=1S/C15H18N2O3/c1-3-15(20)17(16-2)13(11-18)14(19)10-9-12-7-5-4-6-8-12/h4-11,13,16H,3H2,1-2H3. The molecule has 0 heterocycles. The molecule has 0 saturated heterocycles. The van der Waals surface area contributed by atoms with E-state index in [2.05, 4.69) is 5.43 Å². The second-order valence-electron chi connectivity index (χ2n) is 4.07. The van der Waals surface area contributed by atoms with E-state index < -0.39 is 11.8 Å². The molecule has 1 aromatic carbocycles. The van der Waals surface area contributed by atoms with Crippen molar-refractivity contribution in [2.45, 2.75) is 19.4 Å². The number of amides is 1. The second-order valence-corrected chi connectivity index (χ2v) is 4.07. The van der Waals surface area contributed by atoms with Gasteiger partial charge >= 0.3 is 0 Å². The van der Waals surface area contributed by atoms with Crippen molar-refractivity contribution < 1.29 is 14.4 Å². The summed E-state index contributed by atoms with van der Waals surface area (Å²) in [4.78, 5) is 34.8. The number of carbonyl (C=O) groups is 3. The molecule has 0 fully saturated rings. The fourth-order valence-electron chi connectivity index (χ4n) is 1.69. The first-order valence-corrected chi connectivity index (χ1v) is 6.35. The number of ketones is 1. The number of hydrazine groups is 1. The molecule has 20 heavy (non-hydrogen) atoms. The summed E-state index contributed by atoms with van der Waals surface area (Å²) in [5, 5.41) is 1.05. The number of aldehydes is 1. The van der Waals surface area contributed by atoms with Crippen molar-refractivity contribution in [2.24, 2.45) is 0 Å². The van der Waals surface area contributed by atoms with Crippen LogP contribution in [-0.4, -0.2) is 36.1 Å². The van der Waals surface area contributed by atoms with Gasteiger partial charge < -0.3 is 4.79 Å². The zero-order valence-electron chi connectivity index (χ0n) is 11.6. The molecule has 0 aromatic heterocycles. The summed E-state index contributed by atoms with van der Waals surface area (Å²) in [5.74, 6) is -0.758. The van der Waals surface area contributed by atoms with E-state index >= 15 is 0 Å². The third-order valence-electron chi connectivity index (χ3n) is 2.75. The van der Waals surface area contributed by atoms with E-state index in [1.165, 1.54) is 13.1 Å². The molecule has 106 valence electrons. The van der Waals surface area contributed by atoms with Crippen LogP contribution in [-0.2, 0) is 14.4 Å². The van der Waals surface area contributed by atoms with Crippen LogP contribution < -0.4 is 5.43 Å². The molecule has 1 unspecified atom stereocenters. The maximum Gasteiger partial charge on any atom is 0.237 e. The third-order valence-corrected chi connectivity index (χ3v) is 2.75. The third kappa shape index (κ3) is 4.13. The minimum absolute atomic E-state index is 0.209. The van der Waals surface area contributed by atoms with Crippen molar-refractivity contribution in [3.05, 3.63) is 42.0 Å². The highest BCUT2D eigenvalue weighted by atomic mass is 16.2. The zero-order chi connectivity index (χ0) is 15.0. The molecule has 1 aromatic rings. The van der Waals surface area contributed by atoms with Gasteiger partial charge in [0.15, 0.2) is 18.1 Å². The van der Waals surface area contributed by atoms with Gasteiger partial charge in [-0.2, -0.15) is 0 Å². The molecule has 0 saturated carbocycles. The molecule has 1 atom stereocenters. The molecule has 5 heteroatoms. The zero-order valence-corrected chi connectivity index (χ0v) is 11.6. The average Bonchev–Trinajstić information content (AvgIpc) is 2.50. The molecule has 1 amide bonds. The topological polar surface area (TPSA) is 66.5 Å². The Bertz CT molecular complexity index is 497. The van der Waals surface area contributed by atoms with Gasteiger partial charge in [0.1, 0.15) is 0 Å². The number of benzene rings is 1. The fourth-order valence-corrected chi connectivity index (χ4v) is 1.69. The lowest BCUT2D eigenvalue weighted by molar-refractivity contribution is -0.143. The summed E-state index contributed by atoms with van der Waals surface area (Å²) in [5.41, 5.74) is 3.43. The van der Waals surface area contributed by atoms with Crippen LogP contribution in [0.4, 0.5) is 0 Å². The van der Waals surface area contributed by atoms with Crippen molar-refractivity contribution in [1.82, 2.24) is 10.4 Å². The molecular weight excluding hydrogens is 256 g/mol. The molecule has 0 bridgehead atoms. The fraction of sp³-hybridized carbons (Fsp3) is 0.267. The van der Waals surface area contributed by atoms with E-state index in [0.717, 1.165) is 10.6 Å². The second kappa shape index (κ2) is 8.01. The molecule has 1 rings (SSSR count). The minimum atomic E-state index is -1.15. The Labute approximate surface area is 118 Å². The lowest BCUT2D eigenvalue weighted by Gasteiger charge is -2.24. The smallest absolute Gasteiger partial charge is 0.237 e. The number of hydrogen-bond donors (Lipinski definition) is 1. The van der Waals surface area contributed by atoms with E-state index in [0.29, 0.717) is 6.29 Å². The van der Waals surface area contributed by atoms with Crippen LogP contribution in [0.15, 0.2) is 36.4 Å². The van der Waals surface area contributed by atoms with Gasteiger partial charge in [-0.1, -0.05) is 43.3 Å². The maximum atomic E-state index is 12.0. The molecule has 0 spiro atoms. The molecular formula is C15H18N2O3. The summed E-state index contributed by atoms with van der Waals surface area (Å²) in [6, 6.07) is 8.10. The molecule has 0 aliphatic heterocycles. The highest BCUT2D eigenvalue weighted by molar-refractivity contribution is 6.08. The first-order valence-electron chi connectivity index (χ1n) is 6.35. The Kier molecular flexibility index (Phi) is 6.32. The van der Waals surface area contributed by atoms with Crippen molar-refractivity contribution in [1.29, 1.82) is 0 Å². The number of nitrogens with one attached hydrogen (secondary N) is 1. The van der Waals surface area contributed by atoms with Crippen LogP contribution in [0.25, 0.3) is 6.08 Å². The highest BCUT2D eigenvalue weighted by Gasteiger charge is 2.26. The molecule has 0 radical (unpaired) electrons. The van der Waals surface area contributed by atoms with Crippen LogP contribution in [0.2, 0.25) is 0 Å². The van der Waals surface area contributed by atoms with E-state index in [1.54, 1.807) is 13.0 Å². The Morgan fingerprint density at radius 3 is 2.45 bits per heavy atom. The molecule has 1 N–H and O–H groups in total. The summed E-state index contributed by atoms with van der Waals surface area (Å²) in [7, 11) is 1.50. The van der Waals surface area contributed by atoms with Crippen LogP contribution in [0.1, 0.15) is 18.9 Å². The SMILES string of the molecule is CCC(=O)N(NC)C(C=O)C(=O)C=Cc1ccccc1. The number of rotatable bonds is 7. The van der Waals surface area contributed by atoms with Crippen molar-refractivity contribution in [3.8, 4) is 0 Å². The van der Waals surface area contributed by atoms with Gasteiger partial charge in [0, 0.05) is 13.5 Å². The number of nitrogens with zero attached hydrogens (tertiary/aromatic N) is 1. The summed E-state index contributed by atoms with van der Waals surface area (Å²) < 4.78 is 0. The van der Waals surface area contributed by atoms with E-state index in [-0.39, 0.29) is 12.3 Å². The Hall–Kier alpha value is -2.27. The lowest BCUT2D eigenvalue weighted by Crippen LogP contribution is -2.51. The van der Waals surface area contributed by atoms with Crippen molar-refractivity contribution >= 4 is 24.1 Å². The Morgan fingerprint density at radius 1 is 1.30 bits per heavy atom. The van der Waals surface area contributed by atoms with Gasteiger partial charge in [0.05, 0.1) is 0 Å². The van der Waals surface area contributed by atoms with Gasteiger partial charge in [-0.15, -0.1) is 0 Å².